The molecule has 4 heteroatoms. The molecule has 0 radical (unpaired) electrons. The van der Waals surface area contributed by atoms with E-state index in [0.717, 1.165) is 16.9 Å². The molecule has 0 aliphatic heterocycles. The fourth-order valence-electron chi connectivity index (χ4n) is 1.85. The van der Waals surface area contributed by atoms with Crippen molar-refractivity contribution in [3.8, 4) is 5.75 Å². The van der Waals surface area contributed by atoms with E-state index in [1.54, 1.807) is 6.07 Å². The Morgan fingerprint density at radius 1 is 1.00 bits per heavy atom. The highest BCUT2D eigenvalue weighted by Crippen LogP contribution is 2.33. The Bertz CT molecular complexity index is 582. The predicted molar refractivity (Wildman–Crippen MR) is 87.1 cm³/mol. The maximum atomic E-state index is 13.6. The van der Waals surface area contributed by atoms with Crippen LogP contribution in [0.1, 0.15) is 29.8 Å². The second kappa shape index (κ2) is 6.72. The Morgan fingerprint density at radius 2 is 1.60 bits per heavy atom. The Labute approximate surface area is 135 Å². The smallest absolute Gasteiger partial charge is 0.137 e. The van der Waals surface area contributed by atoms with Gasteiger partial charge in [0.1, 0.15) is 11.6 Å². The van der Waals surface area contributed by atoms with E-state index in [9.17, 15) is 4.39 Å². The van der Waals surface area contributed by atoms with Crippen molar-refractivity contribution in [2.75, 3.05) is 0 Å². The van der Waals surface area contributed by atoms with Gasteiger partial charge in [0, 0.05) is 0 Å². The minimum absolute atomic E-state index is 0.0433. The fraction of sp³-hybridized carbons (Fsp3) is 0.250. The molecule has 20 heavy (non-hydrogen) atoms. The van der Waals surface area contributed by atoms with Crippen LogP contribution in [-0.2, 0) is 0 Å². The summed E-state index contributed by atoms with van der Waals surface area (Å²) < 4.78 is 19.7. The van der Waals surface area contributed by atoms with Crippen LogP contribution in [0.25, 0.3) is 0 Å². The fourth-order valence-corrected chi connectivity index (χ4v) is 2.69. The van der Waals surface area contributed by atoms with E-state index >= 15 is 0 Å². The average Bonchev–Trinajstić information content (AvgIpc) is 2.41. The topological polar surface area (TPSA) is 9.23 Å². The first-order chi connectivity index (χ1) is 9.47. The van der Waals surface area contributed by atoms with Crippen LogP contribution >= 0.6 is 31.9 Å². The van der Waals surface area contributed by atoms with Crippen molar-refractivity contribution in [2.45, 2.75) is 24.8 Å². The molecule has 0 aliphatic rings. The molecule has 2 aromatic rings. The Kier molecular flexibility index (Phi) is 5.22. The van der Waals surface area contributed by atoms with Gasteiger partial charge in [0.25, 0.3) is 0 Å². The molecule has 1 atom stereocenters. The zero-order valence-corrected chi connectivity index (χ0v) is 14.4. The van der Waals surface area contributed by atoms with Crippen LogP contribution in [-0.4, -0.2) is 6.10 Å². The van der Waals surface area contributed by atoms with Crippen LogP contribution < -0.4 is 4.74 Å². The lowest BCUT2D eigenvalue weighted by atomic mass is 10.0. The van der Waals surface area contributed by atoms with Gasteiger partial charge in [-0.1, -0.05) is 34.1 Å². The first kappa shape index (κ1) is 15.5. The second-order valence-electron chi connectivity index (χ2n) is 4.77. The number of hydrogen-bond donors (Lipinski definition) is 0. The van der Waals surface area contributed by atoms with Gasteiger partial charge in [-0.3, -0.25) is 0 Å². The van der Waals surface area contributed by atoms with Crippen LogP contribution in [0.15, 0.2) is 46.9 Å². The molecule has 1 nitrogen and oxygen atoms in total. The summed E-state index contributed by atoms with van der Waals surface area (Å²) in [5, 5.41) is 0. The highest BCUT2D eigenvalue weighted by atomic mass is 79.9. The van der Waals surface area contributed by atoms with Crippen LogP contribution in [0, 0.1) is 5.82 Å². The summed E-state index contributed by atoms with van der Waals surface area (Å²) >= 11 is 6.77. The molecule has 2 aromatic carbocycles. The highest BCUT2D eigenvalue weighted by molar-refractivity contribution is 9.10. The molecule has 106 valence electrons. The molecule has 0 spiro atoms. The van der Waals surface area contributed by atoms with Crippen LogP contribution in [0.2, 0.25) is 0 Å². The molecular weight excluding hydrogens is 387 g/mol. The highest BCUT2D eigenvalue weighted by Gasteiger charge is 2.12. The molecule has 0 amide bonds. The lowest BCUT2D eigenvalue weighted by Crippen LogP contribution is -2.05. The first-order valence-electron chi connectivity index (χ1n) is 6.33. The van der Waals surface area contributed by atoms with E-state index in [-0.39, 0.29) is 16.7 Å². The van der Waals surface area contributed by atoms with Gasteiger partial charge in [0.2, 0.25) is 0 Å². The van der Waals surface area contributed by atoms with Gasteiger partial charge in [-0.25, -0.2) is 4.39 Å². The van der Waals surface area contributed by atoms with E-state index in [1.165, 1.54) is 6.07 Å². The molecule has 2 rings (SSSR count). The molecule has 0 fully saturated rings. The lowest BCUT2D eigenvalue weighted by molar-refractivity contribution is 0.242. The van der Waals surface area contributed by atoms with Gasteiger partial charge in [0.15, 0.2) is 0 Å². The maximum absolute atomic E-state index is 13.6. The quantitative estimate of drug-likeness (QED) is 0.583. The van der Waals surface area contributed by atoms with Crippen LogP contribution in [0.3, 0.4) is 0 Å². The van der Waals surface area contributed by atoms with E-state index < -0.39 is 0 Å². The molecule has 0 heterocycles. The first-order valence-corrected chi connectivity index (χ1v) is 8.04. The molecule has 0 aliphatic carbocycles. The third-order valence-corrected chi connectivity index (χ3v) is 4.48. The van der Waals surface area contributed by atoms with Gasteiger partial charge in [-0.2, -0.15) is 0 Å². The van der Waals surface area contributed by atoms with E-state index in [0.29, 0.717) is 4.47 Å². The van der Waals surface area contributed by atoms with Gasteiger partial charge in [0.05, 0.1) is 15.4 Å². The van der Waals surface area contributed by atoms with Crippen molar-refractivity contribution in [3.63, 3.8) is 0 Å². The number of alkyl halides is 1. The van der Waals surface area contributed by atoms with Gasteiger partial charge in [-0.05, 0) is 65.2 Å². The number of benzene rings is 2. The normalized spacial score (nSPS) is 12.5. The van der Waals surface area contributed by atoms with Gasteiger partial charge < -0.3 is 4.74 Å². The van der Waals surface area contributed by atoms with Crippen molar-refractivity contribution in [3.05, 3.63) is 63.9 Å². The van der Waals surface area contributed by atoms with Gasteiger partial charge in [-0.15, -0.1) is 0 Å². The molecule has 1 unspecified atom stereocenters. The zero-order valence-electron chi connectivity index (χ0n) is 11.2. The van der Waals surface area contributed by atoms with Crippen LogP contribution in [0.5, 0.6) is 5.75 Å². The molecule has 0 saturated carbocycles. The standard InChI is InChI=1S/C16H15Br2FO/c1-10(2)20-13-6-3-11(4-7-13)16(18)12-5-8-14(17)15(19)9-12/h3-10,16H,1-2H3. The number of halogens is 3. The summed E-state index contributed by atoms with van der Waals surface area (Å²) in [4.78, 5) is -0.0433. The number of ether oxygens (including phenoxy) is 1. The molecule has 0 N–H and O–H groups in total. The lowest BCUT2D eigenvalue weighted by Gasteiger charge is -2.13. The summed E-state index contributed by atoms with van der Waals surface area (Å²) in [6, 6.07) is 13.0. The Balaban J connectivity index is 2.20. The van der Waals surface area contributed by atoms with Crippen molar-refractivity contribution < 1.29 is 9.13 Å². The monoisotopic (exact) mass is 400 g/mol. The van der Waals surface area contributed by atoms with Crippen molar-refractivity contribution >= 4 is 31.9 Å². The summed E-state index contributed by atoms with van der Waals surface area (Å²) in [5.41, 5.74) is 1.94. The minimum atomic E-state index is -0.258. The predicted octanol–water partition coefficient (Wildman–Crippen LogP) is 5.86. The van der Waals surface area contributed by atoms with E-state index in [2.05, 4.69) is 31.9 Å². The third-order valence-electron chi connectivity index (χ3n) is 2.78. The van der Waals surface area contributed by atoms with Crippen molar-refractivity contribution in [2.24, 2.45) is 0 Å². The molecule has 0 aromatic heterocycles. The number of rotatable bonds is 4. The summed E-state index contributed by atoms with van der Waals surface area (Å²) in [5.74, 6) is 0.581. The van der Waals surface area contributed by atoms with Crippen molar-refractivity contribution in [1.29, 1.82) is 0 Å². The molecule has 0 bridgehead atoms. The zero-order chi connectivity index (χ0) is 14.7. The Hall–Kier alpha value is -0.870. The molecular formula is C16H15Br2FO. The summed E-state index contributed by atoms with van der Waals surface area (Å²) in [6.45, 7) is 3.98. The Morgan fingerprint density at radius 3 is 2.15 bits per heavy atom. The van der Waals surface area contributed by atoms with E-state index in [4.69, 9.17) is 4.74 Å². The van der Waals surface area contributed by atoms with E-state index in [1.807, 2.05) is 44.2 Å². The third kappa shape index (κ3) is 3.83. The number of hydrogen-bond acceptors (Lipinski definition) is 1. The van der Waals surface area contributed by atoms with Crippen LogP contribution in [0.4, 0.5) is 4.39 Å². The summed E-state index contributed by atoms with van der Waals surface area (Å²) in [6.07, 6.45) is 0.154. The largest absolute Gasteiger partial charge is 0.491 e. The SMILES string of the molecule is CC(C)Oc1ccc(C(Br)c2ccc(Br)c(F)c2)cc1. The second-order valence-corrected chi connectivity index (χ2v) is 6.54. The van der Waals surface area contributed by atoms with Gasteiger partial charge >= 0.3 is 0 Å². The summed E-state index contributed by atoms with van der Waals surface area (Å²) in [7, 11) is 0. The van der Waals surface area contributed by atoms with Crippen molar-refractivity contribution in [1.82, 2.24) is 0 Å². The molecule has 0 saturated heterocycles. The minimum Gasteiger partial charge on any atom is -0.491 e. The average molecular weight is 402 g/mol. The maximum Gasteiger partial charge on any atom is 0.137 e.